The number of hydrogen-bond donors (Lipinski definition) is 0. The van der Waals surface area contributed by atoms with E-state index in [9.17, 15) is 18.0 Å². The number of benzene rings is 1. The van der Waals surface area contributed by atoms with Crippen molar-refractivity contribution in [3.8, 4) is 0 Å². The second-order valence-corrected chi connectivity index (χ2v) is 5.49. The van der Waals surface area contributed by atoms with E-state index < -0.39 is 10.9 Å². The second kappa shape index (κ2) is 4.19. The Bertz CT molecular complexity index is 488. The highest BCUT2D eigenvalue weighted by Crippen LogP contribution is 2.45. The molecule has 1 atom stereocenters. The number of thioether (sulfide) groups is 1. The molecule has 0 saturated heterocycles. The van der Waals surface area contributed by atoms with Gasteiger partial charge in [0.1, 0.15) is 0 Å². The molecule has 0 saturated carbocycles. The summed E-state index contributed by atoms with van der Waals surface area (Å²) in [5.74, 6) is -0.586. The number of amides is 1. The second-order valence-electron chi connectivity index (χ2n) is 4.45. The molecule has 1 aliphatic heterocycles. The normalized spacial score (nSPS) is 23.4. The standard InChI is InChI=1S/C12H12F3NOS/c1-11(7-18-12(13,14)15)8-5-3-4-6-9(8)16(2)10(11)17/h3-6H,7H2,1-2H3. The largest absolute Gasteiger partial charge is 0.441 e. The lowest BCUT2D eigenvalue weighted by Crippen LogP contribution is -2.38. The van der Waals surface area contributed by atoms with Gasteiger partial charge in [-0.1, -0.05) is 18.2 Å². The number of fused-ring (bicyclic) bond motifs is 1. The van der Waals surface area contributed by atoms with Crippen LogP contribution in [0.5, 0.6) is 0 Å². The van der Waals surface area contributed by atoms with E-state index in [1.807, 2.05) is 0 Å². The van der Waals surface area contributed by atoms with Crippen LogP contribution in [-0.2, 0) is 10.2 Å². The van der Waals surface area contributed by atoms with Gasteiger partial charge in [0, 0.05) is 18.5 Å². The number of nitrogens with zero attached hydrogens (tertiary/aromatic N) is 1. The molecule has 2 rings (SSSR count). The molecule has 98 valence electrons. The minimum absolute atomic E-state index is 0.148. The summed E-state index contributed by atoms with van der Waals surface area (Å²) in [6.07, 6.45) is 0. The first kappa shape index (κ1) is 13.3. The van der Waals surface area contributed by atoms with Crippen LogP contribution in [0.15, 0.2) is 24.3 Å². The van der Waals surface area contributed by atoms with Gasteiger partial charge < -0.3 is 4.90 Å². The predicted octanol–water partition coefficient (Wildman–Crippen LogP) is 3.17. The van der Waals surface area contributed by atoms with Crippen molar-refractivity contribution in [2.24, 2.45) is 0 Å². The van der Waals surface area contributed by atoms with Gasteiger partial charge in [0.15, 0.2) is 0 Å². The zero-order valence-electron chi connectivity index (χ0n) is 9.91. The van der Waals surface area contributed by atoms with Crippen LogP contribution in [-0.4, -0.2) is 24.2 Å². The predicted molar refractivity (Wildman–Crippen MR) is 65.7 cm³/mol. The van der Waals surface area contributed by atoms with Crippen molar-refractivity contribution in [3.63, 3.8) is 0 Å². The van der Waals surface area contributed by atoms with Crippen LogP contribution in [0, 0.1) is 0 Å². The third-order valence-corrected chi connectivity index (χ3v) is 4.21. The van der Waals surface area contributed by atoms with E-state index in [0.717, 1.165) is 0 Å². The third-order valence-electron chi connectivity index (χ3n) is 3.16. The zero-order chi connectivity index (χ0) is 13.6. The van der Waals surface area contributed by atoms with Crippen molar-refractivity contribution >= 4 is 23.4 Å². The molecule has 1 aliphatic rings. The Hall–Kier alpha value is -1.17. The quantitative estimate of drug-likeness (QED) is 0.826. The van der Waals surface area contributed by atoms with Gasteiger partial charge in [0.25, 0.3) is 0 Å². The van der Waals surface area contributed by atoms with Gasteiger partial charge in [0.05, 0.1) is 5.41 Å². The molecule has 18 heavy (non-hydrogen) atoms. The summed E-state index contributed by atoms with van der Waals surface area (Å²) in [5.41, 5.74) is -4.08. The molecule has 0 bridgehead atoms. The Balaban J connectivity index is 2.35. The average Bonchev–Trinajstić information content (AvgIpc) is 2.50. The molecule has 1 aromatic carbocycles. The minimum Gasteiger partial charge on any atom is -0.314 e. The molecule has 0 spiro atoms. The molecule has 1 heterocycles. The highest BCUT2D eigenvalue weighted by atomic mass is 32.2. The molecule has 1 unspecified atom stereocenters. The van der Waals surface area contributed by atoms with Gasteiger partial charge in [-0.2, -0.15) is 13.2 Å². The number of para-hydroxylation sites is 1. The van der Waals surface area contributed by atoms with Crippen molar-refractivity contribution in [2.75, 3.05) is 17.7 Å². The van der Waals surface area contributed by atoms with E-state index in [4.69, 9.17) is 0 Å². The highest BCUT2D eigenvalue weighted by molar-refractivity contribution is 8.00. The molecule has 0 radical (unpaired) electrons. The fourth-order valence-corrected chi connectivity index (χ4v) is 2.92. The molecular formula is C12H12F3NOS. The number of carbonyl (C=O) groups is 1. The third kappa shape index (κ3) is 2.09. The van der Waals surface area contributed by atoms with Gasteiger partial charge in [0.2, 0.25) is 5.91 Å². The summed E-state index contributed by atoms with van der Waals surface area (Å²) >= 11 is -0.148. The SMILES string of the molecule is CN1C(=O)C(C)(CSC(F)(F)F)c2ccccc21. The van der Waals surface area contributed by atoms with E-state index in [-0.39, 0.29) is 23.4 Å². The molecule has 6 heteroatoms. The highest BCUT2D eigenvalue weighted by Gasteiger charge is 2.47. The van der Waals surface area contributed by atoms with Crippen LogP contribution in [0.3, 0.4) is 0 Å². The molecule has 1 amide bonds. The first-order chi connectivity index (χ1) is 8.26. The molecule has 2 nitrogen and oxygen atoms in total. The lowest BCUT2D eigenvalue weighted by Gasteiger charge is -2.23. The molecule has 0 aromatic heterocycles. The van der Waals surface area contributed by atoms with Crippen LogP contribution < -0.4 is 4.90 Å². The summed E-state index contributed by atoms with van der Waals surface area (Å²) < 4.78 is 37.0. The average molecular weight is 275 g/mol. The van der Waals surface area contributed by atoms with E-state index in [1.165, 1.54) is 4.90 Å². The Kier molecular flexibility index (Phi) is 3.09. The monoisotopic (exact) mass is 275 g/mol. The molecule has 0 fully saturated rings. The number of rotatable bonds is 2. The first-order valence-electron chi connectivity index (χ1n) is 5.34. The molecule has 0 N–H and O–H groups in total. The van der Waals surface area contributed by atoms with Gasteiger partial charge in [-0.25, -0.2) is 0 Å². The fourth-order valence-electron chi connectivity index (χ4n) is 2.19. The number of hydrogen-bond acceptors (Lipinski definition) is 2. The van der Waals surface area contributed by atoms with E-state index in [1.54, 1.807) is 38.2 Å². The van der Waals surface area contributed by atoms with Crippen molar-refractivity contribution < 1.29 is 18.0 Å². The van der Waals surface area contributed by atoms with Gasteiger partial charge in [-0.05, 0) is 30.3 Å². The van der Waals surface area contributed by atoms with Crippen LogP contribution in [0.2, 0.25) is 0 Å². The van der Waals surface area contributed by atoms with Crippen molar-refractivity contribution in [2.45, 2.75) is 17.8 Å². The maximum absolute atomic E-state index is 12.3. The van der Waals surface area contributed by atoms with Crippen molar-refractivity contribution in [3.05, 3.63) is 29.8 Å². The van der Waals surface area contributed by atoms with Gasteiger partial charge in [-0.3, -0.25) is 4.79 Å². The lowest BCUT2D eigenvalue weighted by molar-refractivity contribution is -0.121. The van der Waals surface area contributed by atoms with Gasteiger partial charge in [-0.15, -0.1) is 0 Å². The number of likely N-dealkylation sites (N-methyl/N-ethyl adjacent to an activating group) is 1. The summed E-state index contributed by atoms with van der Waals surface area (Å²) in [5, 5.41) is 0. The maximum atomic E-state index is 12.3. The zero-order valence-corrected chi connectivity index (χ0v) is 10.7. The fraction of sp³-hybridized carbons (Fsp3) is 0.417. The summed E-state index contributed by atoms with van der Waals surface area (Å²) in [6.45, 7) is 1.57. The number of halogens is 3. The van der Waals surface area contributed by atoms with E-state index in [2.05, 4.69) is 0 Å². The number of alkyl halides is 3. The Morgan fingerprint density at radius 3 is 2.56 bits per heavy atom. The van der Waals surface area contributed by atoms with Crippen LogP contribution in [0.1, 0.15) is 12.5 Å². The Labute approximate surface area is 107 Å². The number of carbonyl (C=O) groups excluding carboxylic acids is 1. The molecular weight excluding hydrogens is 263 g/mol. The van der Waals surface area contributed by atoms with Crippen LogP contribution >= 0.6 is 11.8 Å². The van der Waals surface area contributed by atoms with Crippen LogP contribution in [0.25, 0.3) is 0 Å². The van der Waals surface area contributed by atoms with Gasteiger partial charge >= 0.3 is 5.51 Å². The molecule has 1 aromatic rings. The number of anilines is 1. The van der Waals surface area contributed by atoms with Crippen LogP contribution in [0.4, 0.5) is 18.9 Å². The summed E-state index contributed by atoms with van der Waals surface area (Å²) in [7, 11) is 1.59. The van der Waals surface area contributed by atoms with E-state index >= 15 is 0 Å². The Morgan fingerprint density at radius 1 is 1.33 bits per heavy atom. The summed E-state index contributed by atoms with van der Waals surface area (Å²) in [4.78, 5) is 13.6. The smallest absolute Gasteiger partial charge is 0.314 e. The van der Waals surface area contributed by atoms with Crippen molar-refractivity contribution in [1.82, 2.24) is 0 Å². The first-order valence-corrected chi connectivity index (χ1v) is 6.32. The Morgan fingerprint density at radius 2 is 1.94 bits per heavy atom. The lowest BCUT2D eigenvalue weighted by atomic mass is 9.86. The maximum Gasteiger partial charge on any atom is 0.441 e. The summed E-state index contributed by atoms with van der Waals surface area (Å²) in [6, 6.07) is 6.97. The topological polar surface area (TPSA) is 20.3 Å². The van der Waals surface area contributed by atoms with E-state index in [0.29, 0.717) is 11.3 Å². The van der Waals surface area contributed by atoms with Crippen molar-refractivity contribution in [1.29, 1.82) is 0 Å². The minimum atomic E-state index is -4.32. The molecule has 0 aliphatic carbocycles.